The van der Waals surface area contributed by atoms with Gasteiger partial charge < -0.3 is 4.74 Å². The van der Waals surface area contributed by atoms with Crippen LogP contribution in [0, 0.1) is 0 Å². The molecule has 0 saturated heterocycles. The van der Waals surface area contributed by atoms with Gasteiger partial charge in [-0.1, -0.05) is 30.3 Å². The molecule has 8 nitrogen and oxygen atoms in total. The van der Waals surface area contributed by atoms with Crippen molar-refractivity contribution >= 4 is 38.4 Å². The second-order valence-electron chi connectivity index (χ2n) is 7.73. The second kappa shape index (κ2) is 11.4. The van der Waals surface area contributed by atoms with Crippen LogP contribution in [0.1, 0.15) is 42.4 Å². The summed E-state index contributed by atoms with van der Waals surface area (Å²) < 4.78 is 32.9. The SMILES string of the molecule is CCOC(=O)Cc1csc(NC(=O)c2ccc(S(=O)(=O)N(Cc3ccccc3)C(C)C)cc2)n1. The summed E-state index contributed by atoms with van der Waals surface area (Å²) in [5.41, 5.74) is 1.69. The Hall–Kier alpha value is -3.08. The predicted molar refractivity (Wildman–Crippen MR) is 131 cm³/mol. The van der Waals surface area contributed by atoms with Gasteiger partial charge in [0, 0.05) is 23.5 Å². The van der Waals surface area contributed by atoms with Crippen LogP contribution in [0.15, 0.2) is 64.9 Å². The highest BCUT2D eigenvalue weighted by Crippen LogP contribution is 2.22. The number of hydrogen-bond acceptors (Lipinski definition) is 7. The molecule has 0 atom stereocenters. The van der Waals surface area contributed by atoms with Crippen LogP contribution >= 0.6 is 11.3 Å². The van der Waals surface area contributed by atoms with Crippen LogP contribution < -0.4 is 5.32 Å². The molecule has 1 heterocycles. The molecule has 180 valence electrons. The Kier molecular flexibility index (Phi) is 8.54. The molecule has 1 aromatic heterocycles. The van der Waals surface area contributed by atoms with E-state index in [4.69, 9.17) is 4.74 Å². The van der Waals surface area contributed by atoms with Gasteiger partial charge in [-0.05, 0) is 50.6 Å². The van der Waals surface area contributed by atoms with Gasteiger partial charge in [-0.3, -0.25) is 14.9 Å². The molecule has 0 aliphatic rings. The molecular weight excluding hydrogens is 474 g/mol. The van der Waals surface area contributed by atoms with Crippen LogP contribution in [0.25, 0.3) is 0 Å². The number of thiazole rings is 1. The summed E-state index contributed by atoms with van der Waals surface area (Å²) in [5, 5.41) is 4.69. The van der Waals surface area contributed by atoms with Gasteiger partial charge in [0.05, 0.1) is 23.6 Å². The van der Waals surface area contributed by atoms with Crippen LogP contribution in [0.4, 0.5) is 5.13 Å². The Bertz CT molecular complexity index is 1220. The van der Waals surface area contributed by atoms with Gasteiger partial charge in [-0.25, -0.2) is 13.4 Å². The summed E-state index contributed by atoms with van der Waals surface area (Å²) in [7, 11) is -3.77. The van der Waals surface area contributed by atoms with Gasteiger partial charge in [0.25, 0.3) is 5.91 Å². The second-order valence-corrected chi connectivity index (χ2v) is 10.5. The number of amides is 1. The number of nitrogens with zero attached hydrogens (tertiary/aromatic N) is 2. The number of aromatic nitrogens is 1. The largest absolute Gasteiger partial charge is 0.466 e. The Labute approximate surface area is 203 Å². The quantitative estimate of drug-likeness (QED) is 0.419. The van der Waals surface area contributed by atoms with Gasteiger partial charge in [0.15, 0.2) is 5.13 Å². The van der Waals surface area contributed by atoms with E-state index in [1.54, 1.807) is 12.3 Å². The molecule has 0 saturated carbocycles. The number of carbonyl (C=O) groups is 2. The predicted octanol–water partition coefficient (Wildman–Crippen LogP) is 4.10. The zero-order valence-corrected chi connectivity index (χ0v) is 20.9. The van der Waals surface area contributed by atoms with Crippen LogP contribution in [-0.4, -0.2) is 42.2 Å². The lowest BCUT2D eigenvalue weighted by atomic mass is 10.2. The average molecular weight is 502 g/mol. The first kappa shape index (κ1) is 25.5. The first-order valence-electron chi connectivity index (χ1n) is 10.8. The van der Waals surface area contributed by atoms with E-state index >= 15 is 0 Å². The van der Waals surface area contributed by atoms with E-state index in [2.05, 4.69) is 10.3 Å². The van der Waals surface area contributed by atoms with Crippen LogP contribution in [-0.2, 0) is 32.5 Å². The van der Waals surface area contributed by atoms with E-state index in [9.17, 15) is 18.0 Å². The number of nitrogens with one attached hydrogen (secondary N) is 1. The van der Waals surface area contributed by atoms with Crippen molar-refractivity contribution in [1.29, 1.82) is 0 Å². The topological polar surface area (TPSA) is 106 Å². The van der Waals surface area contributed by atoms with Crippen molar-refractivity contribution in [2.75, 3.05) is 11.9 Å². The number of sulfonamides is 1. The molecule has 1 amide bonds. The molecule has 0 aliphatic heterocycles. The van der Waals surface area contributed by atoms with Gasteiger partial charge in [-0.2, -0.15) is 4.31 Å². The van der Waals surface area contributed by atoms with E-state index < -0.39 is 15.9 Å². The third kappa shape index (κ3) is 6.49. The Morgan fingerprint density at radius 1 is 1.09 bits per heavy atom. The fourth-order valence-corrected chi connectivity index (χ4v) is 5.53. The normalized spacial score (nSPS) is 11.6. The molecule has 34 heavy (non-hydrogen) atoms. The fourth-order valence-electron chi connectivity index (χ4n) is 3.20. The summed E-state index contributed by atoms with van der Waals surface area (Å²) >= 11 is 1.19. The summed E-state index contributed by atoms with van der Waals surface area (Å²) in [4.78, 5) is 28.5. The minimum atomic E-state index is -3.77. The standard InChI is InChI=1S/C24H27N3O5S2/c1-4-32-22(28)14-20-16-33-24(25-20)26-23(29)19-10-12-21(13-11-19)34(30,31)27(17(2)3)15-18-8-6-5-7-9-18/h5-13,16-17H,4,14-15H2,1-3H3,(H,25,26,29). The summed E-state index contributed by atoms with van der Waals surface area (Å²) in [6.07, 6.45) is 0.0299. The monoisotopic (exact) mass is 501 g/mol. The Balaban J connectivity index is 1.70. The highest BCUT2D eigenvalue weighted by Gasteiger charge is 2.27. The lowest BCUT2D eigenvalue weighted by Crippen LogP contribution is -2.36. The maximum atomic E-state index is 13.3. The van der Waals surface area contributed by atoms with Crippen LogP contribution in [0.3, 0.4) is 0 Å². The Morgan fingerprint density at radius 3 is 2.38 bits per heavy atom. The van der Waals surface area contributed by atoms with Crippen molar-refractivity contribution in [3.05, 3.63) is 76.8 Å². The molecule has 0 spiro atoms. The molecular formula is C24H27N3O5S2. The molecule has 0 unspecified atom stereocenters. The number of esters is 1. The average Bonchev–Trinajstić information content (AvgIpc) is 3.24. The Morgan fingerprint density at radius 2 is 1.76 bits per heavy atom. The van der Waals surface area contributed by atoms with E-state index in [-0.39, 0.29) is 29.9 Å². The van der Waals surface area contributed by atoms with Gasteiger partial charge >= 0.3 is 5.97 Å². The van der Waals surface area contributed by atoms with Gasteiger partial charge in [-0.15, -0.1) is 11.3 Å². The third-order valence-corrected chi connectivity index (χ3v) is 7.73. The molecule has 3 rings (SSSR count). The van der Waals surface area contributed by atoms with E-state index in [0.717, 1.165) is 5.56 Å². The minimum absolute atomic E-state index is 0.0299. The van der Waals surface area contributed by atoms with Crippen molar-refractivity contribution < 1.29 is 22.7 Å². The van der Waals surface area contributed by atoms with E-state index in [0.29, 0.717) is 23.0 Å². The van der Waals surface area contributed by atoms with Crippen molar-refractivity contribution in [3.8, 4) is 0 Å². The molecule has 0 fully saturated rings. The number of benzene rings is 2. The zero-order valence-electron chi connectivity index (χ0n) is 19.2. The van der Waals surface area contributed by atoms with E-state index in [1.807, 2.05) is 44.2 Å². The number of hydrogen-bond donors (Lipinski definition) is 1. The number of carbonyl (C=O) groups excluding carboxylic acids is 2. The van der Waals surface area contributed by atoms with Crippen molar-refractivity contribution in [3.63, 3.8) is 0 Å². The molecule has 10 heteroatoms. The fraction of sp³-hybridized carbons (Fsp3) is 0.292. The molecule has 0 radical (unpaired) electrons. The molecule has 2 aromatic carbocycles. The molecule has 0 bridgehead atoms. The summed E-state index contributed by atoms with van der Waals surface area (Å²) in [5.74, 6) is -0.809. The highest BCUT2D eigenvalue weighted by atomic mass is 32.2. The first-order chi connectivity index (χ1) is 16.2. The number of anilines is 1. The molecule has 0 aliphatic carbocycles. The summed E-state index contributed by atoms with van der Waals surface area (Å²) in [6, 6.07) is 14.9. The van der Waals surface area contributed by atoms with Crippen LogP contribution in [0.5, 0.6) is 0 Å². The molecule has 1 N–H and O–H groups in total. The minimum Gasteiger partial charge on any atom is -0.466 e. The first-order valence-corrected chi connectivity index (χ1v) is 13.1. The van der Waals surface area contributed by atoms with Crippen molar-refractivity contribution in [2.45, 2.75) is 44.7 Å². The number of ether oxygens (including phenoxy) is 1. The van der Waals surface area contributed by atoms with Crippen LogP contribution in [0.2, 0.25) is 0 Å². The molecule has 3 aromatic rings. The van der Waals surface area contributed by atoms with Gasteiger partial charge in [0.1, 0.15) is 0 Å². The van der Waals surface area contributed by atoms with E-state index in [1.165, 1.54) is 39.9 Å². The maximum absolute atomic E-state index is 13.3. The summed E-state index contributed by atoms with van der Waals surface area (Å²) in [6.45, 7) is 5.92. The van der Waals surface area contributed by atoms with Gasteiger partial charge in [0.2, 0.25) is 10.0 Å². The maximum Gasteiger partial charge on any atom is 0.311 e. The third-order valence-electron chi connectivity index (χ3n) is 4.88. The number of rotatable bonds is 10. The smallest absolute Gasteiger partial charge is 0.311 e. The highest BCUT2D eigenvalue weighted by molar-refractivity contribution is 7.89. The zero-order chi connectivity index (χ0) is 24.7. The van der Waals surface area contributed by atoms with Crippen molar-refractivity contribution in [1.82, 2.24) is 9.29 Å². The van der Waals surface area contributed by atoms with Crippen molar-refractivity contribution in [2.24, 2.45) is 0 Å². The lowest BCUT2D eigenvalue weighted by Gasteiger charge is -2.26. The lowest BCUT2D eigenvalue weighted by molar-refractivity contribution is -0.142.